The predicted molar refractivity (Wildman–Crippen MR) is 63.1 cm³/mol. The second-order valence-corrected chi connectivity index (χ2v) is 4.23. The van der Waals surface area contributed by atoms with Crippen LogP contribution in [0.5, 0.6) is 0 Å². The molecule has 0 bridgehead atoms. The van der Waals surface area contributed by atoms with Crippen LogP contribution >= 0.6 is 11.6 Å². The quantitative estimate of drug-likeness (QED) is 0.913. The highest BCUT2D eigenvalue weighted by Gasteiger charge is 2.08. The Kier molecular flexibility index (Phi) is 3.40. The van der Waals surface area contributed by atoms with Gasteiger partial charge in [-0.1, -0.05) is 11.6 Å². The summed E-state index contributed by atoms with van der Waals surface area (Å²) >= 11 is 5.96. The third-order valence-corrected chi connectivity index (χ3v) is 2.67. The van der Waals surface area contributed by atoms with Gasteiger partial charge in [0.25, 0.3) is 0 Å². The van der Waals surface area contributed by atoms with E-state index in [-0.39, 0.29) is 11.9 Å². The summed E-state index contributed by atoms with van der Waals surface area (Å²) in [5, 5.41) is 4.68. The van der Waals surface area contributed by atoms with Gasteiger partial charge < -0.3 is 5.73 Å². The molecular weight excluding hydrogens is 243 g/mol. The Morgan fingerprint density at radius 2 is 2.29 bits per heavy atom. The molecular formula is C11H12ClFN4. The summed E-state index contributed by atoms with van der Waals surface area (Å²) in [6, 6.07) is 4.00. The molecule has 0 aliphatic rings. The van der Waals surface area contributed by atoms with Gasteiger partial charge in [-0.3, -0.25) is 0 Å². The van der Waals surface area contributed by atoms with Crippen molar-refractivity contribution < 1.29 is 4.39 Å². The monoisotopic (exact) mass is 254 g/mol. The molecule has 1 unspecified atom stereocenters. The number of aromatic nitrogens is 3. The van der Waals surface area contributed by atoms with Crippen LogP contribution in [-0.2, 0) is 6.54 Å². The molecule has 0 amide bonds. The van der Waals surface area contributed by atoms with Gasteiger partial charge in [-0.2, -0.15) is 5.10 Å². The van der Waals surface area contributed by atoms with Gasteiger partial charge >= 0.3 is 0 Å². The average molecular weight is 255 g/mol. The maximum Gasteiger partial charge on any atom is 0.166 e. The van der Waals surface area contributed by atoms with E-state index in [1.165, 1.54) is 18.2 Å². The number of nitrogens with two attached hydrogens (primary N) is 1. The van der Waals surface area contributed by atoms with Crippen molar-refractivity contribution in [2.45, 2.75) is 19.5 Å². The molecule has 0 aliphatic heterocycles. The fourth-order valence-corrected chi connectivity index (χ4v) is 1.61. The van der Waals surface area contributed by atoms with Crippen LogP contribution < -0.4 is 5.73 Å². The van der Waals surface area contributed by atoms with Gasteiger partial charge in [0.15, 0.2) is 5.82 Å². The standard InChI is InChI=1S/C11H12ClFN4/c1-7(14)11-15-6-17(16-11)5-8-4-9(13)2-3-10(8)12/h2-4,6-7H,5,14H2,1H3. The van der Waals surface area contributed by atoms with Gasteiger partial charge in [-0.05, 0) is 30.7 Å². The highest BCUT2D eigenvalue weighted by molar-refractivity contribution is 6.31. The Morgan fingerprint density at radius 1 is 1.53 bits per heavy atom. The first-order chi connectivity index (χ1) is 8.06. The summed E-state index contributed by atoms with van der Waals surface area (Å²) in [7, 11) is 0. The molecule has 90 valence electrons. The molecule has 2 N–H and O–H groups in total. The van der Waals surface area contributed by atoms with Crippen LogP contribution in [0.1, 0.15) is 24.4 Å². The van der Waals surface area contributed by atoms with E-state index in [2.05, 4.69) is 10.1 Å². The van der Waals surface area contributed by atoms with Crippen LogP contribution in [0.25, 0.3) is 0 Å². The predicted octanol–water partition coefficient (Wildman–Crippen LogP) is 2.14. The Morgan fingerprint density at radius 3 is 2.94 bits per heavy atom. The Balaban J connectivity index is 2.22. The third kappa shape index (κ3) is 2.81. The van der Waals surface area contributed by atoms with Crippen molar-refractivity contribution in [3.05, 3.63) is 46.8 Å². The van der Waals surface area contributed by atoms with E-state index in [4.69, 9.17) is 17.3 Å². The topological polar surface area (TPSA) is 56.7 Å². The number of hydrogen-bond acceptors (Lipinski definition) is 3. The van der Waals surface area contributed by atoms with Crippen molar-refractivity contribution in [1.29, 1.82) is 0 Å². The van der Waals surface area contributed by atoms with Crippen LogP contribution in [0.2, 0.25) is 5.02 Å². The molecule has 0 saturated heterocycles. The first-order valence-corrected chi connectivity index (χ1v) is 5.53. The maximum absolute atomic E-state index is 13.1. The largest absolute Gasteiger partial charge is 0.321 e. The fourth-order valence-electron chi connectivity index (χ4n) is 1.43. The Labute approximate surface area is 103 Å². The average Bonchev–Trinajstić information content (AvgIpc) is 2.72. The van der Waals surface area contributed by atoms with Gasteiger partial charge in [-0.15, -0.1) is 0 Å². The van der Waals surface area contributed by atoms with Crippen LogP contribution in [0.4, 0.5) is 4.39 Å². The molecule has 6 heteroatoms. The molecule has 0 spiro atoms. The summed E-state index contributed by atoms with van der Waals surface area (Å²) in [5.41, 5.74) is 6.31. The molecule has 1 heterocycles. The van der Waals surface area contributed by atoms with Gasteiger partial charge in [0, 0.05) is 5.02 Å². The molecule has 2 rings (SSSR count). The lowest BCUT2D eigenvalue weighted by Gasteiger charge is -2.04. The van der Waals surface area contributed by atoms with E-state index in [1.54, 1.807) is 17.9 Å². The molecule has 1 aromatic heterocycles. The normalized spacial score (nSPS) is 12.7. The van der Waals surface area contributed by atoms with Gasteiger partial charge in [0.2, 0.25) is 0 Å². The zero-order valence-electron chi connectivity index (χ0n) is 9.27. The molecule has 0 saturated carbocycles. The zero-order valence-corrected chi connectivity index (χ0v) is 10.0. The van der Waals surface area contributed by atoms with Crippen molar-refractivity contribution in [3.8, 4) is 0 Å². The lowest BCUT2D eigenvalue weighted by molar-refractivity contribution is 0.615. The minimum absolute atomic E-state index is 0.223. The summed E-state index contributed by atoms with van der Waals surface area (Å²) in [5.74, 6) is 0.231. The summed E-state index contributed by atoms with van der Waals surface area (Å²) in [6.07, 6.45) is 1.56. The molecule has 0 aliphatic carbocycles. The van der Waals surface area contributed by atoms with Crippen molar-refractivity contribution in [1.82, 2.24) is 14.8 Å². The first-order valence-electron chi connectivity index (χ1n) is 5.15. The maximum atomic E-state index is 13.1. The number of nitrogens with zero attached hydrogens (tertiary/aromatic N) is 3. The minimum atomic E-state index is -0.322. The van der Waals surface area contributed by atoms with E-state index in [1.807, 2.05) is 0 Å². The van der Waals surface area contributed by atoms with E-state index in [0.717, 1.165) is 0 Å². The van der Waals surface area contributed by atoms with Crippen LogP contribution in [0.3, 0.4) is 0 Å². The van der Waals surface area contributed by atoms with Crippen molar-refractivity contribution in [2.24, 2.45) is 5.73 Å². The Hall–Kier alpha value is -1.46. The highest BCUT2D eigenvalue weighted by Crippen LogP contribution is 2.18. The van der Waals surface area contributed by atoms with Crippen LogP contribution in [-0.4, -0.2) is 14.8 Å². The number of rotatable bonds is 3. The second kappa shape index (κ2) is 4.81. The van der Waals surface area contributed by atoms with E-state index in [0.29, 0.717) is 23.0 Å². The molecule has 2 aromatic rings. The Bertz CT molecular complexity index is 524. The summed E-state index contributed by atoms with van der Waals surface area (Å²) < 4.78 is 14.6. The van der Waals surface area contributed by atoms with Crippen molar-refractivity contribution >= 4 is 11.6 Å². The van der Waals surface area contributed by atoms with E-state index in [9.17, 15) is 4.39 Å². The zero-order chi connectivity index (χ0) is 12.4. The first kappa shape index (κ1) is 12.0. The molecule has 1 atom stereocenters. The van der Waals surface area contributed by atoms with Crippen molar-refractivity contribution in [2.75, 3.05) is 0 Å². The summed E-state index contributed by atoms with van der Waals surface area (Å²) in [6.45, 7) is 2.17. The van der Waals surface area contributed by atoms with Crippen LogP contribution in [0, 0.1) is 5.82 Å². The second-order valence-electron chi connectivity index (χ2n) is 3.82. The summed E-state index contributed by atoms with van der Waals surface area (Å²) in [4.78, 5) is 4.05. The van der Waals surface area contributed by atoms with Gasteiger partial charge in [0.05, 0.1) is 12.6 Å². The van der Waals surface area contributed by atoms with E-state index >= 15 is 0 Å². The number of halogens is 2. The molecule has 1 aromatic carbocycles. The SMILES string of the molecule is CC(N)c1ncn(Cc2cc(F)ccc2Cl)n1. The highest BCUT2D eigenvalue weighted by atomic mass is 35.5. The van der Waals surface area contributed by atoms with Crippen molar-refractivity contribution in [3.63, 3.8) is 0 Å². The van der Waals surface area contributed by atoms with E-state index < -0.39 is 0 Å². The smallest absolute Gasteiger partial charge is 0.166 e. The molecule has 0 radical (unpaired) electrons. The third-order valence-electron chi connectivity index (χ3n) is 2.30. The molecule has 0 fully saturated rings. The molecule has 17 heavy (non-hydrogen) atoms. The lowest BCUT2D eigenvalue weighted by atomic mass is 10.2. The fraction of sp³-hybridized carbons (Fsp3) is 0.273. The minimum Gasteiger partial charge on any atom is -0.321 e. The van der Waals surface area contributed by atoms with Gasteiger partial charge in [0.1, 0.15) is 12.1 Å². The van der Waals surface area contributed by atoms with Crippen LogP contribution in [0.15, 0.2) is 24.5 Å². The number of benzene rings is 1. The van der Waals surface area contributed by atoms with Gasteiger partial charge in [-0.25, -0.2) is 14.1 Å². The lowest BCUT2D eigenvalue weighted by Crippen LogP contribution is -2.09. The molecule has 4 nitrogen and oxygen atoms in total. The number of hydrogen-bond donors (Lipinski definition) is 1.